The number of carbonyl (C=O) groups excluding carboxylic acids is 1. The van der Waals surface area contributed by atoms with E-state index in [9.17, 15) is 4.79 Å². The van der Waals surface area contributed by atoms with Gasteiger partial charge in [0.05, 0.1) is 0 Å². The van der Waals surface area contributed by atoms with Crippen molar-refractivity contribution in [3.8, 4) is 0 Å². The van der Waals surface area contributed by atoms with Crippen molar-refractivity contribution in [2.45, 2.75) is 23.5 Å². The monoisotopic (exact) mass is 351 g/mol. The summed E-state index contributed by atoms with van der Waals surface area (Å²) < 4.78 is 0. The molecule has 0 unspecified atom stereocenters. The van der Waals surface area contributed by atoms with Gasteiger partial charge in [-0.25, -0.2) is 14.8 Å². The van der Waals surface area contributed by atoms with Crippen LogP contribution in [0, 0.1) is 6.92 Å². The lowest BCUT2D eigenvalue weighted by molar-refractivity contribution is 0.251. The summed E-state index contributed by atoms with van der Waals surface area (Å²) in [7, 11) is 0. The topological polar surface area (TPSA) is 79.8 Å². The summed E-state index contributed by atoms with van der Waals surface area (Å²) in [5, 5.41) is 6.37. The van der Waals surface area contributed by atoms with Crippen molar-refractivity contribution in [2.75, 3.05) is 5.32 Å². The Hall–Kier alpha value is -2.93. The van der Waals surface area contributed by atoms with Gasteiger partial charge in [-0.05, 0) is 60.1 Å². The van der Waals surface area contributed by atoms with E-state index in [1.807, 2.05) is 37.3 Å². The van der Waals surface area contributed by atoms with E-state index in [4.69, 9.17) is 0 Å². The molecule has 0 aliphatic carbocycles. The van der Waals surface area contributed by atoms with Crippen molar-refractivity contribution >= 4 is 23.5 Å². The van der Waals surface area contributed by atoms with E-state index in [0.29, 0.717) is 11.7 Å². The highest BCUT2D eigenvalue weighted by molar-refractivity contribution is 7.99. The standard InChI is InChI=1S/C18H17N5OS/c1-13-10-15(25-18-20-8-3-9-21-18)5-6-16(13)23-17(24)22-12-14-4-2-7-19-11-14/h2-11H,12H2,1H3,(H2,22,23,24). The number of aryl methyl sites for hydroxylation is 1. The molecule has 0 fully saturated rings. The summed E-state index contributed by atoms with van der Waals surface area (Å²) in [5.74, 6) is 0. The van der Waals surface area contributed by atoms with Gasteiger partial charge < -0.3 is 10.6 Å². The Kier molecular flexibility index (Phi) is 5.58. The molecule has 7 heteroatoms. The fourth-order valence-electron chi connectivity index (χ4n) is 2.13. The fraction of sp³-hybridized carbons (Fsp3) is 0.111. The van der Waals surface area contributed by atoms with Crippen LogP contribution in [-0.4, -0.2) is 21.0 Å². The van der Waals surface area contributed by atoms with E-state index >= 15 is 0 Å². The van der Waals surface area contributed by atoms with Crippen LogP contribution in [-0.2, 0) is 6.54 Å². The van der Waals surface area contributed by atoms with Crippen LogP contribution in [0.15, 0.2) is 71.2 Å². The molecule has 126 valence electrons. The first-order valence-electron chi connectivity index (χ1n) is 7.70. The lowest BCUT2D eigenvalue weighted by Gasteiger charge is -2.11. The van der Waals surface area contributed by atoms with Crippen molar-refractivity contribution in [3.63, 3.8) is 0 Å². The second-order valence-corrected chi connectivity index (χ2v) is 6.32. The van der Waals surface area contributed by atoms with E-state index in [2.05, 4.69) is 25.6 Å². The van der Waals surface area contributed by atoms with E-state index in [-0.39, 0.29) is 6.03 Å². The zero-order valence-corrected chi connectivity index (χ0v) is 14.5. The molecule has 2 amide bonds. The minimum absolute atomic E-state index is 0.251. The van der Waals surface area contributed by atoms with Crippen molar-refractivity contribution in [3.05, 3.63) is 72.3 Å². The number of hydrogen-bond donors (Lipinski definition) is 2. The number of rotatable bonds is 5. The average Bonchev–Trinajstić information content (AvgIpc) is 2.64. The van der Waals surface area contributed by atoms with E-state index in [1.54, 1.807) is 30.9 Å². The molecule has 3 aromatic rings. The number of aromatic nitrogens is 3. The van der Waals surface area contributed by atoms with Gasteiger partial charge in [-0.1, -0.05) is 6.07 Å². The van der Waals surface area contributed by atoms with E-state index in [0.717, 1.165) is 21.7 Å². The zero-order chi connectivity index (χ0) is 17.5. The maximum absolute atomic E-state index is 12.0. The SMILES string of the molecule is Cc1cc(Sc2ncccn2)ccc1NC(=O)NCc1cccnc1. The Labute approximate surface area is 150 Å². The van der Waals surface area contributed by atoms with Gasteiger partial charge in [0.25, 0.3) is 0 Å². The number of nitrogens with zero attached hydrogens (tertiary/aromatic N) is 3. The van der Waals surface area contributed by atoms with Crippen molar-refractivity contribution in [2.24, 2.45) is 0 Å². The third-order valence-corrected chi connectivity index (χ3v) is 4.26. The van der Waals surface area contributed by atoms with Crippen LogP contribution in [0.25, 0.3) is 0 Å². The molecular weight excluding hydrogens is 334 g/mol. The molecule has 0 aliphatic rings. The Morgan fingerprint density at radius 2 is 1.96 bits per heavy atom. The molecule has 0 bridgehead atoms. The summed E-state index contributed by atoms with van der Waals surface area (Å²) in [6.45, 7) is 2.38. The van der Waals surface area contributed by atoms with Crippen LogP contribution in [0.5, 0.6) is 0 Å². The Balaban J connectivity index is 1.58. The molecule has 0 radical (unpaired) electrons. The van der Waals surface area contributed by atoms with Crippen LogP contribution < -0.4 is 10.6 Å². The van der Waals surface area contributed by atoms with Crippen LogP contribution in [0.2, 0.25) is 0 Å². The molecule has 0 saturated carbocycles. The Morgan fingerprint density at radius 3 is 2.68 bits per heavy atom. The number of hydrogen-bond acceptors (Lipinski definition) is 5. The van der Waals surface area contributed by atoms with Crippen molar-refractivity contribution < 1.29 is 4.79 Å². The molecule has 0 aliphatic heterocycles. The highest BCUT2D eigenvalue weighted by Gasteiger charge is 2.07. The van der Waals surface area contributed by atoms with Crippen molar-refractivity contribution in [1.82, 2.24) is 20.3 Å². The molecule has 2 aromatic heterocycles. The Morgan fingerprint density at radius 1 is 1.12 bits per heavy atom. The predicted octanol–water partition coefficient (Wildman–Crippen LogP) is 3.65. The minimum atomic E-state index is -0.251. The van der Waals surface area contributed by atoms with Crippen LogP contribution in [0.3, 0.4) is 0 Å². The summed E-state index contributed by atoms with van der Waals surface area (Å²) >= 11 is 1.48. The first-order chi connectivity index (χ1) is 12.2. The van der Waals surface area contributed by atoms with Gasteiger partial charge in [-0.15, -0.1) is 0 Å². The van der Waals surface area contributed by atoms with Crippen LogP contribution >= 0.6 is 11.8 Å². The smallest absolute Gasteiger partial charge is 0.319 e. The normalized spacial score (nSPS) is 10.3. The number of benzene rings is 1. The van der Waals surface area contributed by atoms with Gasteiger partial charge in [0.2, 0.25) is 0 Å². The average molecular weight is 351 g/mol. The summed E-state index contributed by atoms with van der Waals surface area (Å²) in [5.41, 5.74) is 2.68. The molecular formula is C18H17N5OS. The van der Waals surface area contributed by atoms with Gasteiger partial charge in [0, 0.05) is 41.9 Å². The van der Waals surface area contributed by atoms with Crippen molar-refractivity contribution in [1.29, 1.82) is 0 Å². The molecule has 2 heterocycles. The lowest BCUT2D eigenvalue weighted by Crippen LogP contribution is -2.28. The van der Waals surface area contributed by atoms with Gasteiger partial charge in [-0.2, -0.15) is 0 Å². The maximum Gasteiger partial charge on any atom is 0.319 e. The number of anilines is 1. The molecule has 25 heavy (non-hydrogen) atoms. The fourth-order valence-corrected chi connectivity index (χ4v) is 2.94. The number of amides is 2. The number of carbonyl (C=O) groups is 1. The van der Waals surface area contributed by atoms with Gasteiger partial charge in [-0.3, -0.25) is 4.98 Å². The summed E-state index contributed by atoms with van der Waals surface area (Å²) in [6.07, 6.45) is 6.85. The molecule has 1 aromatic carbocycles. The Bertz CT molecular complexity index is 843. The van der Waals surface area contributed by atoms with E-state index in [1.165, 1.54) is 11.8 Å². The predicted molar refractivity (Wildman–Crippen MR) is 97.4 cm³/mol. The summed E-state index contributed by atoms with van der Waals surface area (Å²) in [4.78, 5) is 25.5. The lowest BCUT2D eigenvalue weighted by atomic mass is 10.2. The second kappa shape index (κ2) is 8.25. The quantitative estimate of drug-likeness (QED) is 0.686. The molecule has 0 atom stereocenters. The van der Waals surface area contributed by atoms with E-state index < -0.39 is 0 Å². The number of nitrogens with one attached hydrogen (secondary N) is 2. The number of urea groups is 1. The first kappa shape index (κ1) is 16.9. The van der Waals surface area contributed by atoms with Gasteiger partial charge in [0.15, 0.2) is 5.16 Å². The molecule has 2 N–H and O–H groups in total. The van der Waals surface area contributed by atoms with Crippen LogP contribution in [0.1, 0.15) is 11.1 Å². The van der Waals surface area contributed by atoms with Gasteiger partial charge >= 0.3 is 6.03 Å². The molecule has 6 nitrogen and oxygen atoms in total. The minimum Gasteiger partial charge on any atom is -0.334 e. The largest absolute Gasteiger partial charge is 0.334 e. The molecule has 0 spiro atoms. The molecule has 3 rings (SSSR count). The highest BCUT2D eigenvalue weighted by Crippen LogP contribution is 2.27. The zero-order valence-electron chi connectivity index (χ0n) is 13.6. The third kappa shape index (κ3) is 5.02. The van der Waals surface area contributed by atoms with Gasteiger partial charge in [0.1, 0.15) is 0 Å². The molecule has 0 saturated heterocycles. The summed E-state index contributed by atoms with van der Waals surface area (Å²) in [6, 6.07) is 11.1. The first-order valence-corrected chi connectivity index (χ1v) is 8.51. The third-order valence-electron chi connectivity index (χ3n) is 3.37. The second-order valence-electron chi connectivity index (χ2n) is 5.28. The maximum atomic E-state index is 12.0. The van der Waals surface area contributed by atoms with Crippen LogP contribution in [0.4, 0.5) is 10.5 Å². The number of pyridine rings is 1. The highest BCUT2D eigenvalue weighted by atomic mass is 32.2.